The Bertz CT molecular complexity index is 513. The van der Waals surface area contributed by atoms with E-state index in [0.29, 0.717) is 12.6 Å². The van der Waals surface area contributed by atoms with Gasteiger partial charge in [-0.2, -0.15) is 5.10 Å². The number of hydrogen-bond acceptors (Lipinski definition) is 3. The zero-order valence-corrected chi connectivity index (χ0v) is 12.4. The molecule has 0 saturated heterocycles. The zero-order valence-electron chi connectivity index (χ0n) is 11.6. The van der Waals surface area contributed by atoms with Crippen molar-refractivity contribution < 1.29 is 0 Å². The molecule has 0 amide bonds. The minimum atomic E-state index is -0.115. The molecular weight excluding hydrogens is 262 g/mol. The molecule has 0 fully saturated rings. The van der Waals surface area contributed by atoms with E-state index < -0.39 is 0 Å². The number of halogens is 1. The molecule has 5 nitrogen and oxygen atoms in total. The number of hydrogen-bond donors (Lipinski definition) is 0. The van der Waals surface area contributed by atoms with Crippen LogP contribution in [-0.2, 0) is 6.54 Å². The fraction of sp³-hybridized carbons (Fsp3) is 0.615. The van der Waals surface area contributed by atoms with Crippen LogP contribution in [0.5, 0.6) is 0 Å². The van der Waals surface area contributed by atoms with Crippen molar-refractivity contribution in [3.63, 3.8) is 0 Å². The van der Waals surface area contributed by atoms with Gasteiger partial charge in [0.15, 0.2) is 0 Å². The standard InChI is InChI=1S/C13H20ClN5/c1-4-12(5-2)19-7-6-11(16-19)8-18-9-13(10(3)14)15-17-18/h6-7,9-10,12H,4-5,8H2,1-3H3. The molecule has 0 bridgehead atoms. The Labute approximate surface area is 118 Å². The van der Waals surface area contributed by atoms with Gasteiger partial charge < -0.3 is 0 Å². The Hall–Kier alpha value is -1.36. The van der Waals surface area contributed by atoms with Crippen LogP contribution in [0.25, 0.3) is 0 Å². The molecule has 104 valence electrons. The average Bonchev–Trinajstić information content (AvgIpc) is 3.01. The van der Waals surface area contributed by atoms with Crippen LogP contribution in [0, 0.1) is 0 Å². The van der Waals surface area contributed by atoms with E-state index in [1.165, 1.54) is 0 Å². The Morgan fingerprint density at radius 1 is 1.32 bits per heavy atom. The maximum absolute atomic E-state index is 5.97. The molecular formula is C13H20ClN5. The van der Waals surface area contributed by atoms with Gasteiger partial charge in [0.25, 0.3) is 0 Å². The molecule has 0 aliphatic rings. The van der Waals surface area contributed by atoms with Gasteiger partial charge in [-0.3, -0.25) is 4.68 Å². The van der Waals surface area contributed by atoms with Crippen molar-refractivity contribution in [2.24, 2.45) is 0 Å². The lowest BCUT2D eigenvalue weighted by atomic mass is 10.2. The number of rotatable bonds is 6. The smallest absolute Gasteiger partial charge is 0.100 e. The van der Waals surface area contributed by atoms with Crippen LogP contribution in [0.15, 0.2) is 18.5 Å². The summed E-state index contributed by atoms with van der Waals surface area (Å²) in [6, 6.07) is 2.51. The fourth-order valence-electron chi connectivity index (χ4n) is 2.07. The molecule has 2 rings (SSSR count). The average molecular weight is 282 g/mol. The van der Waals surface area contributed by atoms with Crippen molar-refractivity contribution in [2.45, 2.75) is 51.6 Å². The maximum Gasteiger partial charge on any atom is 0.100 e. The molecule has 0 radical (unpaired) electrons. The summed E-state index contributed by atoms with van der Waals surface area (Å²) in [5, 5.41) is 12.6. The molecule has 19 heavy (non-hydrogen) atoms. The summed E-state index contributed by atoms with van der Waals surface area (Å²) in [6.07, 6.45) is 6.09. The summed E-state index contributed by atoms with van der Waals surface area (Å²) < 4.78 is 3.81. The van der Waals surface area contributed by atoms with Gasteiger partial charge in [-0.25, -0.2) is 4.68 Å². The van der Waals surface area contributed by atoms with E-state index in [4.69, 9.17) is 11.6 Å². The van der Waals surface area contributed by atoms with E-state index >= 15 is 0 Å². The summed E-state index contributed by atoms with van der Waals surface area (Å²) in [4.78, 5) is 0. The highest BCUT2D eigenvalue weighted by molar-refractivity contribution is 6.20. The van der Waals surface area contributed by atoms with E-state index in [-0.39, 0.29) is 5.38 Å². The van der Waals surface area contributed by atoms with Gasteiger partial charge in [-0.15, -0.1) is 16.7 Å². The Kier molecular flexibility index (Phi) is 4.58. The van der Waals surface area contributed by atoms with E-state index in [1.807, 2.05) is 30.1 Å². The van der Waals surface area contributed by atoms with E-state index in [9.17, 15) is 0 Å². The van der Waals surface area contributed by atoms with Crippen LogP contribution in [0.4, 0.5) is 0 Å². The van der Waals surface area contributed by atoms with Crippen LogP contribution in [0.3, 0.4) is 0 Å². The second-order valence-electron chi connectivity index (χ2n) is 4.71. The molecule has 0 aliphatic heterocycles. The first-order valence-corrected chi connectivity index (χ1v) is 7.15. The highest BCUT2D eigenvalue weighted by atomic mass is 35.5. The first kappa shape index (κ1) is 14.1. The molecule has 2 aromatic rings. The quantitative estimate of drug-likeness (QED) is 0.764. The summed E-state index contributed by atoms with van der Waals surface area (Å²) in [5.74, 6) is 0. The lowest BCUT2D eigenvalue weighted by Crippen LogP contribution is -2.09. The van der Waals surface area contributed by atoms with Crippen molar-refractivity contribution in [3.05, 3.63) is 29.8 Å². The summed E-state index contributed by atoms with van der Waals surface area (Å²) >= 11 is 5.97. The number of alkyl halides is 1. The van der Waals surface area contributed by atoms with Crippen LogP contribution in [-0.4, -0.2) is 24.8 Å². The fourth-order valence-corrected chi connectivity index (χ4v) is 2.17. The molecule has 0 aliphatic carbocycles. The monoisotopic (exact) mass is 281 g/mol. The van der Waals surface area contributed by atoms with Crippen molar-refractivity contribution >= 4 is 11.6 Å². The van der Waals surface area contributed by atoms with Gasteiger partial charge in [-0.1, -0.05) is 19.1 Å². The van der Waals surface area contributed by atoms with Gasteiger partial charge in [0.2, 0.25) is 0 Å². The Morgan fingerprint density at radius 2 is 2.05 bits per heavy atom. The lowest BCUT2D eigenvalue weighted by molar-refractivity contribution is 0.423. The summed E-state index contributed by atoms with van der Waals surface area (Å²) in [7, 11) is 0. The molecule has 1 atom stereocenters. The van der Waals surface area contributed by atoms with E-state index in [2.05, 4.69) is 29.3 Å². The first-order valence-electron chi connectivity index (χ1n) is 6.72. The van der Waals surface area contributed by atoms with Gasteiger partial charge in [0.05, 0.1) is 29.9 Å². The molecule has 6 heteroatoms. The van der Waals surface area contributed by atoms with Gasteiger partial charge >= 0.3 is 0 Å². The zero-order chi connectivity index (χ0) is 13.8. The van der Waals surface area contributed by atoms with Crippen LogP contribution in [0.2, 0.25) is 0 Å². The highest BCUT2D eigenvalue weighted by Crippen LogP contribution is 2.17. The molecule has 2 aromatic heterocycles. The predicted molar refractivity (Wildman–Crippen MR) is 75.2 cm³/mol. The van der Waals surface area contributed by atoms with Crippen molar-refractivity contribution in [1.82, 2.24) is 24.8 Å². The third kappa shape index (κ3) is 3.35. The third-order valence-electron chi connectivity index (χ3n) is 3.27. The van der Waals surface area contributed by atoms with Crippen LogP contribution in [0.1, 0.15) is 56.4 Å². The van der Waals surface area contributed by atoms with Crippen molar-refractivity contribution in [3.8, 4) is 0 Å². The SMILES string of the molecule is CCC(CC)n1ccc(Cn2cc(C(C)Cl)nn2)n1. The van der Waals surface area contributed by atoms with E-state index in [0.717, 1.165) is 24.2 Å². The minimum Gasteiger partial charge on any atom is -0.269 e. The van der Waals surface area contributed by atoms with Gasteiger partial charge in [0, 0.05) is 6.20 Å². The molecule has 0 saturated carbocycles. The van der Waals surface area contributed by atoms with Gasteiger partial charge in [-0.05, 0) is 25.8 Å². The van der Waals surface area contributed by atoms with E-state index in [1.54, 1.807) is 4.68 Å². The Morgan fingerprint density at radius 3 is 2.63 bits per heavy atom. The van der Waals surface area contributed by atoms with Crippen LogP contribution < -0.4 is 0 Å². The molecule has 2 heterocycles. The molecule has 1 unspecified atom stereocenters. The largest absolute Gasteiger partial charge is 0.269 e. The molecule has 0 N–H and O–H groups in total. The predicted octanol–water partition coefficient (Wildman–Crippen LogP) is 3.18. The normalized spacial score (nSPS) is 13.1. The topological polar surface area (TPSA) is 48.5 Å². The van der Waals surface area contributed by atoms with Crippen molar-refractivity contribution in [2.75, 3.05) is 0 Å². The third-order valence-corrected chi connectivity index (χ3v) is 3.49. The molecule has 0 aromatic carbocycles. The minimum absolute atomic E-state index is 0.115. The highest BCUT2D eigenvalue weighted by Gasteiger charge is 2.10. The molecule has 0 spiro atoms. The summed E-state index contributed by atoms with van der Waals surface area (Å²) in [6.45, 7) is 6.88. The number of nitrogens with zero attached hydrogens (tertiary/aromatic N) is 5. The van der Waals surface area contributed by atoms with Gasteiger partial charge in [0.1, 0.15) is 5.69 Å². The Balaban J connectivity index is 2.06. The maximum atomic E-state index is 5.97. The second kappa shape index (κ2) is 6.19. The second-order valence-corrected chi connectivity index (χ2v) is 5.37. The number of aromatic nitrogens is 5. The van der Waals surface area contributed by atoms with Crippen LogP contribution >= 0.6 is 11.6 Å². The summed E-state index contributed by atoms with van der Waals surface area (Å²) in [5.41, 5.74) is 1.78. The van der Waals surface area contributed by atoms with Crippen molar-refractivity contribution in [1.29, 1.82) is 0 Å². The first-order chi connectivity index (χ1) is 9.13. The lowest BCUT2D eigenvalue weighted by Gasteiger charge is -2.12.